The van der Waals surface area contributed by atoms with Crippen LogP contribution in [0.5, 0.6) is 0 Å². The molecular formula is C15H11ClFN5OS3. The van der Waals surface area contributed by atoms with Crippen molar-refractivity contribution in [2.75, 3.05) is 11.6 Å². The van der Waals surface area contributed by atoms with Gasteiger partial charge in [0.1, 0.15) is 5.82 Å². The maximum Gasteiger partial charge on any atom is 0.277 e. The second kappa shape index (κ2) is 8.76. The summed E-state index contributed by atoms with van der Waals surface area (Å²) >= 11 is 9.82. The van der Waals surface area contributed by atoms with Crippen molar-refractivity contribution >= 4 is 57.5 Å². The van der Waals surface area contributed by atoms with E-state index < -0.39 is 5.91 Å². The molecule has 2 heterocycles. The summed E-state index contributed by atoms with van der Waals surface area (Å²) in [5.41, 5.74) is 0.650. The lowest BCUT2D eigenvalue weighted by Crippen LogP contribution is -2.15. The van der Waals surface area contributed by atoms with Gasteiger partial charge in [0.25, 0.3) is 5.91 Å². The summed E-state index contributed by atoms with van der Waals surface area (Å²) in [6.07, 6.45) is 3.18. The topological polar surface area (TPSA) is 80.7 Å². The van der Waals surface area contributed by atoms with Crippen LogP contribution in [0.25, 0.3) is 0 Å². The molecule has 1 aromatic carbocycles. The Balaban J connectivity index is 1.65. The van der Waals surface area contributed by atoms with Crippen LogP contribution in [0.3, 0.4) is 0 Å². The molecular weight excluding hydrogens is 417 g/mol. The number of hydrogen-bond acceptors (Lipinski definition) is 8. The molecule has 0 atom stereocenters. The van der Waals surface area contributed by atoms with Crippen molar-refractivity contribution in [3.05, 3.63) is 52.6 Å². The number of halogens is 2. The summed E-state index contributed by atoms with van der Waals surface area (Å²) < 4.78 is 14.2. The molecule has 0 aliphatic rings. The monoisotopic (exact) mass is 427 g/mol. The summed E-state index contributed by atoms with van der Waals surface area (Å²) in [6.45, 7) is 0. The summed E-state index contributed by atoms with van der Waals surface area (Å²) in [4.78, 5) is 20.4. The van der Waals surface area contributed by atoms with Crippen LogP contribution in [-0.2, 0) is 5.75 Å². The van der Waals surface area contributed by atoms with Gasteiger partial charge < -0.3 is 0 Å². The molecule has 0 spiro atoms. The lowest BCUT2D eigenvalue weighted by atomic mass is 10.2. The fourth-order valence-corrected chi connectivity index (χ4v) is 4.09. The van der Waals surface area contributed by atoms with Gasteiger partial charge >= 0.3 is 0 Å². The van der Waals surface area contributed by atoms with Crippen LogP contribution < -0.4 is 5.32 Å². The minimum atomic E-state index is -0.491. The zero-order valence-corrected chi connectivity index (χ0v) is 16.5. The van der Waals surface area contributed by atoms with Crippen molar-refractivity contribution in [3.63, 3.8) is 0 Å². The van der Waals surface area contributed by atoms with E-state index in [4.69, 9.17) is 11.6 Å². The highest BCUT2D eigenvalue weighted by Crippen LogP contribution is 2.29. The first-order valence-corrected chi connectivity index (χ1v) is 10.5. The molecule has 0 aliphatic heterocycles. The minimum Gasteiger partial charge on any atom is -0.295 e. The third-order valence-corrected chi connectivity index (χ3v) is 5.91. The maximum absolute atomic E-state index is 13.6. The Bertz CT molecular complexity index is 939. The minimum absolute atomic E-state index is 0.0711. The highest BCUT2D eigenvalue weighted by molar-refractivity contribution is 8.00. The molecule has 0 aliphatic carbocycles. The van der Waals surface area contributed by atoms with Crippen molar-refractivity contribution in [3.8, 4) is 0 Å². The Morgan fingerprint density at radius 2 is 2.15 bits per heavy atom. The number of rotatable bonds is 6. The Morgan fingerprint density at radius 3 is 2.92 bits per heavy atom. The molecule has 0 unspecified atom stereocenters. The van der Waals surface area contributed by atoms with Crippen molar-refractivity contribution in [2.45, 2.75) is 15.2 Å². The van der Waals surface area contributed by atoms with Crippen LogP contribution in [0.1, 0.15) is 16.1 Å². The first-order chi connectivity index (χ1) is 12.6. The molecule has 26 heavy (non-hydrogen) atoms. The molecule has 1 N–H and O–H groups in total. The fraction of sp³-hybridized carbons (Fsp3) is 0.133. The molecule has 0 saturated carbocycles. The van der Waals surface area contributed by atoms with E-state index in [1.54, 1.807) is 24.5 Å². The van der Waals surface area contributed by atoms with Crippen LogP contribution >= 0.6 is 46.5 Å². The molecule has 134 valence electrons. The number of nitrogens with zero attached hydrogens (tertiary/aromatic N) is 4. The number of anilines is 1. The van der Waals surface area contributed by atoms with E-state index in [1.165, 1.54) is 47.1 Å². The molecule has 0 saturated heterocycles. The highest BCUT2D eigenvalue weighted by atomic mass is 35.5. The smallest absolute Gasteiger partial charge is 0.277 e. The van der Waals surface area contributed by atoms with Crippen LogP contribution in [0.2, 0.25) is 5.02 Å². The normalized spacial score (nSPS) is 10.7. The average Bonchev–Trinajstić information content (AvgIpc) is 3.08. The standard InChI is InChI=1S/C15H11ClFN5OS3/c1-24-13-18-6-9(16)11(19-13)12(23)20-14-21-22-15(26-14)25-7-8-4-2-3-5-10(8)17/h2-6H,7H2,1H3,(H,20,21,23). The van der Waals surface area contributed by atoms with Crippen molar-refractivity contribution in [1.82, 2.24) is 20.2 Å². The Morgan fingerprint density at radius 1 is 1.35 bits per heavy atom. The van der Waals surface area contributed by atoms with E-state index in [1.807, 2.05) is 0 Å². The predicted molar refractivity (Wildman–Crippen MR) is 103 cm³/mol. The molecule has 6 nitrogen and oxygen atoms in total. The predicted octanol–water partition coefficient (Wildman–Crippen LogP) is 4.39. The number of hydrogen-bond donors (Lipinski definition) is 1. The zero-order chi connectivity index (χ0) is 18.5. The van der Waals surface area contributed by atoms with E-state index in [-0.39, 0.29) is 16.5 Å². The number of nitrogens with one attached hydrogen (secondary N) is 1. The first kappa shape index (κ1) is 19.0. The van der Waals surface area contributed by atoms with E-state index in [2.05, 4.69) is 25.5 Å². The summed E-state index contributed by atoms with van der Waals surface area (Å²) in [5, 5.41) is 11.4. The average molecular weight is 428 g/mol. The Hall–Kier alpha value is -1.75. The number of carbonyl (C=O) groups is 1. The molecule has 0 bridgehead atoms. The third kappa shape index (κ3) is 4.70. The molecule has 0 radical (unpaired) electrons. The largest absolute Gasteiger partial charge is 0.295 e. The Labute approximate surface area is 166 Å². The summed E-state index contributed by atoms with van der Waals surface area (Å²) in [6, 6.07) is 6.55. The Kier molecular flexibility index (Phi) is 6.41. The molecule has 3 rings (SSSR count). The van der Waals surface area contributed by atoms with Gasteiger partial charge in [-0.3, -0.25) is 10.1 Å². The number of carbonyl (C=O) groups excluding carboxylic acids is 1. The van der Waals surface area contributed by atoms with Gasteiger partial charge in [-0.1, -0.05) is 64.7 Å². The highest BCUT2D eigenvalue weighted by Gasteiger charge is 2.16. The second-order valence-corrected chi connectivity index (χ2v) is 8.14. The lowest BCUT2D eigenvalue weighted by Gasteiger charge is -2.03. The SMILES string of the molecule is CSc1ncc(Cl)c(C(=O)Nc2nnc(SCc3ccccc3F)s2)n1. The van der Waals surface area contributed by atoms with Gasteiger partial charge in [0, 0.05) is 5.75 Å². The summed E-state index contributed by atoms with van der Waals surface area (Å²) in [7, 11) is 0. The third-order valence-electron chi connectivity index (χ3n) is 3.06. The van der Waals surface area contributed by atoms with Crippen molar-refractivity contribution < 1.29 is 9.18 Å². The van der Waals surface area contributed by atoms with Crippen LogP contribution in [0.4, 0.5) is 9.52 Å². The fourth-order valence-electron chi connectivity index (χ4n) is 1.84. The van der Waals surface area contributed by atoms with Gasteiger partial charge in [-0.2, -0.15) is 0 Å². The number of benzene rings is 1. The van der Waals surface area contributed by atoms with Crippen molar-refractivity contribution in [1.29, 1.82) is 0 Å². The number of aromatic nitrogens is 4. The quantitative estimate of drug-likeness (QED) is 0.355. The maximum atomic E-state index is 13.6. The zero-order valence-electron chi connectivity index (χ0n) is 13.3. The van der Waals surface area contributed by atoms with E-state index in [0.717, 1.165) is 0 Å². The van der Waals surface area contributed by atoms with Crippen LogP contribution in [0.15, 0.2) is 40.0 Å². The molecule has 2 aromatic heterocycles. The van der Waals surface area contributed by atoms with Gasteiger partial charge in [-0.15, -0.1) is 10.2 Å². The van der Waals surface area contributed by atoms with Gasteiger partial charge in [-0.05, 0) is 17.9 Å². The van der Waals surface area contributed by atoms with Gasteiger partial charge in [-0.25, -0.2) is 14.4 Å². The van der Waals surface area contributed by atoms with E-state index in [9.17, 15) is 9.18 Å². The van der Waals surface area contributed by atoms with Gasteiger partial charge in [0.2, 0.25) is 5.13 Å². The van der Waals surface area contributed by atoms with Crippen LogP contribution in [0, 0.1) is 5.82 Å². The molecule has 3 aromatic rings. The molecule has 11 heteroatoms. The number of thioether (sulfide) groups is 2. The molecule has 1 amide bonds. The van der Waals surface area contributed by atoms with E-state index >= 15 is 0 Å². The van der Waals surface area contributed by atoms with Crippen LogP contribution in [-0.4, -0.2) is 32.3 Å². The first-order valence-electron chi connectivity index (χ1n) is 7.14. The second-order valence-electron chi connectivity index (χ2n) is 4.76. The van der Waals surface area contributed by atoms with Crippen molar-refractivity contribution in [2.24, 2.45) is 0 Å². The van der Waals surface area contributed by atoms with Gasteiger partial charge in [0.15, 0.2) is 15.2 Å². The molecule has 0 fully saturated rings. The summed E-state index contributed by atoms with van der Waals surface area (Å²) in [5.74, 6) is -0.333. The lowest BCUT2D eigenvalue weighted by molar-refractivity contribution is 0.102. The van der Waals surface area contributed by atoms with Gasteiger partial charge in [0.05, 0.1) is 11.2 Å². The number of amides is 1. The van der Waals surface area contributed by atoms with E-state index in [0.29, 0.717) is 25.9 Å².